The lowest BCUT2D eigenvalue weighted by Gasteiger charge is -2.09. The van der Waals surface area contributed by atoms with Crippen molar-refractivity contribution in [2.45, 2.75) is 11.1 Å². The van der Waals surface area contributed by atoms with E-state index in [4.69, 9.17) is 0 Å². The largest absolute Gasteiger partial charge is 0.354 e. The zero-order valence-corrected chi connectivity index (χ0v) is 11.1. The van der Waals surface area contributed by atoms with Crippen LogP contribution >= 0.6 is 11.3 Å². The lowest BCUT2D eigenvalue weighted by Crippen LogP contribution is -2.21. The van der Waals surface area contributed by atoms with Crippen molar-refractivity contribution in [1.29, 1.82) is 0 Å². The Morgan fingerprint density at radius 2 is 1.73 bits per heavy atom. The van der Waals surface area contributed by atoms with E-state index >= 15 is 0 Å². The Morgan fingerprint density at radius 1 is 1.20 bits per heavy atom. The molecule has 0 aliphatic rings. The molecule has 0 aliphatic heterocycles. The van der Waals surface area contributed by atoms with Gasteiger partial charge in [-0.15, -0.1) is 0 Å². The van der Waals surface area contributed by atoms with Gasteiger partial charge in [0.1, 0.15) is 0 Å². The fraction of sp³-hybridized carbons (Fsp3) is 0.625. The molecule has 0 fully saturated rings. The SMILES string of the molecule is Cc1nc(N(C)C)sc1S(=O)(=O)N(C)C. The molecule has 0 N–H and O–H groups in total. The van der Waals surface area contributed by atoms with Crippen LogP contribution in [0.5, 0.6) is 0 Å². The maximum absolute atomic E-state index is 11.9. The standard InChI is InChI=1S/C8H15N3O2S2/c1-6-7(15(12,13)11(4)5)14-8(9-6)10(2)3/h1-5H3. The number of aromatic nitrogens is 1. The van der Waals surface area contributed by atoms with Crippen LogP contribution < -0.4 is 4.90 Å². The van der Waals surface area contributed by atoms with E-state index in [2.05, 4.69) is 4.98 Å². The van der Waals surface area contributed by atoms with E-state index in [-0.39, 0.29) is 0 Å². The summed E-state index contributed by atoms with van der Waals surface area (Å²) >= 11 is 1.19. The minimum Gasteiger partial charge on any atom is -0.354 e. The van der Waals surface area contributed by atoms with E-state index in [9.17, 15) is 8.42 Å². The molecule has 0 unspecified atom stereocenters. The van der Waals surface area contributed by atoms with Crippen molar-refractivity contribution in [1.82, 2.24) is 9.29 Å². The third-order valence-electron chi connectivity index (χ3n) is 1.84. The van der Waals surface area contributed by atoms with Gasteiger partial charge in [0.15, 0.2) is 9.34 Å². The Labute approximate surface area is 94.4 Å². The summed E-state index contributed by atoms with van der Waals surface area (Å²) in [5.74, 6) is 0. The molecule has 1 aromatic rings. The Kier molecular flexibility index (Phi) is 3.37. The van der Waals surface area contributed by atoms with Crippen LogP contribution in [0.25, 0.3) is 0 Å². The zero-order valence-electron chi connectivity index (χ0n) is 9.47. The molecule has 0 saturated carbocycles. The maximum Gasteiger partial charge on any atom is 0.254 e. The number of hydrogen-bond donors (Lipinski definition) is 0. The lowest BCUT2D eigenvalue weighted by atomic mass is 10.6. The van der Waals surface area contributed by atoms with E-state index in [1.165, 1.54) is 29.7 Å². The van der Waals surface area contributed by atoms with Gasteiger partial charge in [-0.1, -0.05) is 11.3 Å². The fourth-order valence-electron chi connectivity index (χ4n) is 0.965. The fourth-order valence-corrected chi connectivity index (χ4v) is 3.53. The second kappa shape index (κ2) is 4.07. The molecule has 15 heavy (non-hydrogen) atoms. The summed E-state index contributed by atoms with van der Waals surface area (Å²) in [6.07, 6.45) is 0. The molecule has 7 heteroatoms. The molecule has 86 valence electrons. The van der Waals surface area contributed by atoms with Crippen molar-refractivity contribution < 1.29 is 8.42 Å². The number of anilines is 1. The number of hydrogen-bond acceptors (Lipinski definition) is 5. The van der Waals surface area contributed by atoms with Crippen molar-refractivity contribution in [3.63, 3.8) is 0 Å². The highest BCUT2D eigenvalue weighted by Crippen LogP contribution is 2.29. The minimum atomic E-state index is -3.36. The smallest absolute Gasteiger partial charge is 0.254 e. The number of sulfonamides is 1. The van der Waals surface area contributed by atoms with Crippen LogP contribution in [0.4, 0.5) is 5.13 Å². The number of aryl methyl sites for hydroxylation is 1. The zero-order chi connectivity index (χ0) is 11.8. The molecule has 0 radical (unpaired) electrons. The van der Waals surface area contributed by atoms with Gasteiger partial charge in [0.05, 0.1) is 5.69 Å². The van der Waals surface area contributed by atoms with Gasteiger partial charge < -0.3 is 4.90 Å². The summed E-state index contributed by atoms with van der Waals surface area (Å²) in [7, 11) is 3.35. The topological polar surface area (TPSA) is 53.5 Å². The number of nitrogens with zero attached hydrogens (tertiary/aromatic N) is 3. The van der Waals surface area contributed by atoms with Crippen LogP contribution in [0, 0.1) is 6.92 Å². The van der Waals surface area contributed by atoms with Crippen LogP contribution in [0.2, 0.25) is 0 Å². The predicted octanol–water partition coefficient (Wildman–Crippen LogP) is 0.768. The lowest BCUT2D eigenvalue weighted by molar-refractivity contribution is 0.522. The highest BCUT2D eigenvalue weighted by atomic mass is 32.2. The molecule has 5 nitrogen and oxygen atoms in total. The first-order valence-corrected chi connectivity index (χ1v) is 6.59. The van der Waals surface area contributed by atoms with Gasteiger partial charge in [0.25, 0.3) is 10.0 Å². The van der Waals surface area contributed by atoms with Gasteiger partial charge in [0, 0.05) is 28.2 Å². The first kappa shape index (κ1) is 12.4. The van der Waals surface area contributed by atoms with Crippen molar-refractivity contribution in [2.75, 3.05) is 33.1 Å². The molecule has 0 atom stereocenters. The van der Waals surface area contributed by atoms with Crippen LogP contribution in [-0.4, -0.2) is 45.9 Å². The van der Waals surface area contributed by atoms with Crippen molar-refractivity contribution in [3.05, 3.63) is 5.69 Å². The van der Waals surface area contributed by atoms with E-state index in [0.29, 0.717) is 15.0 Å². The van der Waals surface area contributed by atoms with Gasteiger partial charge in [-0.05, 0) is 6.92 Å². The Morgan fingerprint density at radius 3 is 2.07 bits per heavy atom. The van der Waals surface area contributed by atoms with E-state index in [1.807, 2.05) is 14.1 Å². The molecule has 1 aromatic heterocycles. The molecule has 1 rings (SSSR count). The van der Waals surface area contributed by atoms with Gasteiger partial charge in [-0.2, -0.15) is 0 Å². The van der Waals surface area contributed by atoms with E-state index in [1.54, 1.807) is 11.8 Å². The summed E-state index contributed by atoms with van der Waals surface area (Å²) in [6.45, 7) is 1.71. The van der Waals surface area contributed by atoms with E-state index < -0.39 is 10.0 Å². The summed E-state index contributed by atoms with van der Waals surface area (Å²) in [4.78, 5) is 6.00. The van der Waals surface area contributed by atoms with Crippen LogP contribution in [0.15, 0.2) is 4.21 Å². The summed E-state index contributed by atoms with van der Waals surface area (Å²) < 4.78 is 25.3. The Bertz CT molecular complexity index is 448. The molecule has 0 spiro atoms. The maximum atomic E-state index is 11.9. The molecule has 0 saturated heterocycles. The van der Waals surface area contributed by atoms with Crippen molar-refractivity contribution in [2.24, 2.45) is 0 Å². The van der Waals surface area contributed by atoms with Crippen LogP contribution in [-0.2, 0) is 10.0 Å². The monoisotopic (exact) mass is 249 g/mol. The average Bonchev–Trinajstić information content (AvgIpc) is 2.47. The molecule has 1 heterocycles. The quantitative estimate of drug-likeness (QED) is 0.794. The third kappa shape index (κ3) is 2.30. The molecular formula is C8H15N3O2S2. The van der Waals surface area contributed by atoms with Gasteiger partial charge >= 0.3 is 0 Å². The second-order valence-electron chi connectivity index (χ2n) is 3.55. The summed E-state index contributed by atoms with van der Waals surface area (Å²) in [6, 6.07) is 0. The molecule has 0 aromatic carbocycles. The molecule has 0 bridgehead atoms. The molecular weight excluding hydrogens is 234 g/mol. The second-order valence-corrected chi connectivity index (χ2v) is 6.88. The van der Waals surface area contributed by atoms with Crippen LogP contribution in [0.3, 0.4) is 0 Å². The highest BCUT2D eigenvalue weighted by molar-refractivity contribution is 7.91. The summed E-state index contributed by atoms with van der Waals surface area (Å²) in [5, 5.41) is 0.702. The normalized spacial score (nSPS) is 12.1. The highest BCUT2D eigenvalue weighted by Gasteiger charge is 2.24. The van der Waals surface area contributed by atoms with Crippen molar-refractivity contribution >= 4 is 26.5 Å². The van der Waals surface area contributed by atoms with E-state index in [0.717, 1.165) is 0 Å². The molecule has 0 aliphatic carbocycles. The Balaban J connectivity index is 3.28. The average molecular weight is 249 g/mol. The number of rotatable bonds is 3. The molecule has 0 amide bonds. The van der Waals surface area contributed by atoms with Gasteiger partial charge in [-0.25, -0.2) is 17.7 Å². The third-order valence-corrected chi connectivity index (χ3v) is 5.57. The number of thiazole rings is 1. The first-order valence-electron chi connectivity index (χ1n) is 4.34. The van der Waals surface area contributed by atoms with Gasteiger partial charge in [-0.3, -0.25) is 0 Å². The van der Waals surface area contributed by atoms with Gasteiger partial charge in [0.2, 0.25) is 0 Å². The van der Waals surface area contributed by atoms with Crippen LogP contribution in [0.1, 0.15) is 5.69 Å². The minimum absolute atomic E-state index is 0.316. The predicted molar refractivity (Wildman–Crippen MR) is 62.1 cm³/mol. The Hall–Kier alpha value is -0.660. The first-order chi connectivity index (χ1) is 6.76. The van der Waals surface area contributed by atoms with Crippen molar-refractivity contribution in [3.8, 4) is 0 Å². The summed E-state index contributed by atoms with van der Waals surface area (Å²) in [5.41, 5.74) is 0.553.